The van der Waals surface area contributed by atoms with Crippen LogP contribution in [0.1, 0.15) is 43.9 Å². The Labute approximate surface area is 201 Å². The van der Waals surface area contributed by atoms with Crippen molar-refractivity contribution in [1.82, 2.24) is 5.32 Å². The van der Waals surface area contributed by atoms with Crippen molar-refractivity contribution in [3.63, 3.8) is 0 Å². The molecule has 2 aromatic carbocycles. The summed E-state index contributed by atoms with van der Waals surface area (Å²) >= 11 is 0. The van der Waals surface area contributed by atoms with E-state index in [-0.39, 0.29) is 23.6 Å². The lowest BCUT2D eigenvalue weighted by atomic mass is 9.94. The number of carbonyl (C=O) groups is 1. The predicted octanol–water partition coefficient (Wildman–Crippen LogP) is 5.11. The van der Waals surface area contributed by atoms with Gasteiger partial charge in [-0.25, -0.2) is 0 Å². The Kier molecular flexibility index (Phi) is 8.08. The van der Waals surface area contributed by atoms with Gasteiger partial charge in [-0.05, 0) is 56.5 Å². The van der Waals surface area contributed by atoms with Gasteiger partial charge < -0.3 is 19.7 Å². The number of ether oxygens (including phenoxy) is 2. The molecule has 1 unspecified atom stereocenters. The number of carbonyl (C=O) groups excluding carboxylic acids is 1. The van der Waals surface area contributed by atoms with Crippen LogP contribution in [0, 0.1) is 16.0 Å². The first-order valence-electron chi connectivity index (χ1n) is 11.3. The van der Waals surface area contributed by atoms with E-state index in [1.165, 1.54) is 0 Å². The molecule has 11 heteroatoms. The van der Waals surface area contributed by atoms with Crippen molar-refractivity contribution >= 4 is 17.3 Å². The molecule has 0 spiro atoms. The summed E-state index contributed by atoms with van der Waals surface area (Å²) in [6.45, 7) is 4.85. The topological polar surface area (TPSA) is 93.9 Å². The van der Waals surface area contributed by atoms with Gasteiger partial charge in [0.15, 0.2) is 11.5 Å². The van der Waals surface area contributed by atoms with Crippen molar-refractivity contribution < 1.29 is 32.4 Å². The monoisotopic (exact) mass is 495 g/mol. The first-order valence-corrected chi connectivity index (χ1v) is 11.3. The zero-order valence-electron chi connectivity index (χ0n) is 19.7. The Morgan fingerprint density at radius 1 is 1.20 bits per heavy atom. The van der Waals surface area contributed by atoms with Crippen molar-refractivity contribution in [2.24, 2.45) is 5.92 Å². The number of piperidine rings is 1. The summed E-state index contributed by atoms with van der Waals surface area (Å²) in [6, 6.07) is 7.68. The van der Waals surface area contributed by atoms with Crippen molar-refractivity contribution in [3.05, 3.63) is 57.6 Å². The fourth-order valence-electron chi connectivity index (χ4n) is 4.14. The molecule has 0 aromatic heterocycles. The van der Waals surface area contributed by atoms with Crippen molar-refractivity contribution in [1.29, 1.82) is 0 Å². The van der Waals surface area contributed by atoms with E-state index in [2.05, 4.69) is 5.32 Å². The van der Waals surface area contributed by atoms with Crippen LogP contribution in [0.5, 0.6) is 11.5 Å². The van der Waals surface area contributed by atoms with E-state index in [1.807, 2.05) is 26.0 Å². The molecule has 1 saturated heterocycles. The average Bonchev–Trinajstić information content (AvgIpc) is 2.83. The molecule has 1 atom stereocenters. The smallest absolute Gasteiger partial charge is 0.416 e. The van der Waals surface area contributed by atoms with Crippen LogP contribution in [0.15, 0.2) is 36.4 Å². The maximum Gasteiger partial charge on any atom is 0.416 e. The standard InChI is InChI=1S/C24H28F3N3O5/c1-4-35-21-8-5-17(13-22(21)34-3)15(2)28-23(31)16-9-11-29(12-10-16)19-7-6-18(24(25,26)27)14-20(19)30(32)33/h5-8,13-16H,4,9-12H2,1-3H3,(H,28,31). The summed E-state index contributed by atoms with van der Waals surface area (Å²) in [5, 5.41) is 14.4. The number of nitro benzene ring substituents is 1. The molecule has 3 rings (SSSR count). The van der Waals surface area contributed by atoms with Crippen LogP contribution in [0.2, 0.25) is 0 Å². The number of nitro groups is 1. The van der Waals surface area contributed by atoms with Gasteiger partial charge in [0, 0.05) is 25.1 Å². The number of nitrogens with one attached hydrogen (secondary N) is 1. The number of rotatable bonds is 8. The molecule has 0 radical (unpaired) electrons. The average molecular weight is 495 g/mol. The van der Waals surface area contributed by atoms with E-state index in [9.17, 15) is 28.1 Å². The first-order chi connectivity index (χ1) is 16.5. The number of anilines is 1. The molecule has 1 heterocycles. The second kappa shape index (κ2) is 10.8. The molecular formula is C24H28F3N3O5. The van der Waals surface area contributed by atoms with E-state index in [1.54, 1.807) is 18.1 Å². The van der Waals surface area contributed by atoms with Crippen LogP contribution >= 0.6 is 0 Å². The lowest BCUT2D eigenvalue weighted by molar-refractivity contribution is -0.384. The second-order valence-corrected chi connectivity index (χ2v) is 8.29. The van der Waals surface area contributed by atoms with Gasteiger partial charge in [-0.1, -0.05) is 6.07 Å². The third-order valence-electron chi connectivity index (χ3n) is 6.05. The highest BCUT2D eigenvalue weighted by molar-refractivity contribution is 5.79. The van der Waals surface area contributed by atoms with E-state index in [0.717, 1.165) is 17.7 Å². The highest BCUT2D eigenvalue weighted by atomic mass is 19.4. The molecule has 1 fully saturated rings. The van der Waals surface area contributed by atoms with Gasteiger partial charge in [-0.3, -0.25) is 14.9 Å². The highest BCUT2D eigenvalue weighted by Gasteiger charge is 2.35. The lowest BCUT2D eigenvalue weighted by Crippen LogP contribution is -2.41. The summed E-state index contributed by atoms with van der Waals surface area (Å²) in [5.41, 5.74) is -0.698. The number of hydrogen-bond donors (Lipinski definition) is 1. The number of amides is 1. The first kappa shape index (κ1) is 26.1. The van der Waals surface area contributed by atoms with E-state index >= 15 is 0 Å². The molecule has 190 valence electrons. The van der Waals surface area contributed by atoms with Crippen LogP contribution in [-0.4, -0.2) is 37.6 Å². The van der Waals surface area contributed by atoms with Gasteiger partial charge in [0.2, 0.25) is 5.91 Å². The number of hydrogen-bond acceptors (Lipinski definition) is 6. The Bertz CT molecular complexity index is 1070. The summed E-state index contributed by atoms with van der Waals surface area (Å²) in [5.74, 6) is 0.720. The molecule has 1 amide bonds. The van der Waals surface area contributed by atoms with Crippen molar-refractivity contribution in [2.75, 3.05) is 31.7 Å². The number of benzene rings is 2. The zero-order chi connectivity index (χ0) is 25.8. The van der Waals surface area contributed by atoms with Crippen LogP contribution in [0.25, 0.3) is 0 Å². The van der Waals surface area contributed by atoms with Gasteiger partial charge in [-0.2, -0.15) is 13.2 Å². The molecule has 2 aromatic rings. The third-order valence-corrected chi connectivity index (χ3v) is 6.05. The Morgan fingerprint density at radius 2 is 1.89 bits per heavy atom. The highest BCUT2D eigenvalue weighted by Crippen LogP contribution is 2.38. The second-order valence-electron chi connectivity index (χ2n) is 8.29. The fourth-order valence-corrected chi connectivity index (χ4v) is 4.14. The maximum atomic E-state index is 13.0. The van der Waals surface area contributed by atoms with Crippen molar-refractivity contribution in [2.45, 2.75) is 38.9 Å². The molecule has 35 heavy (non-hydrogen) atoms. The van der Waals surface area contributed by atoms with E-state index in [0.29, 0.717) is 50.1 Å². The summed E-state index contributed by atoms with van der Waals surface area (Å²) in [4.78, 5) is 25.1. The van der Waals surface area contributed by atoms with Crippen LogP contribution in [0.4, 0.5) is 24.5 Å². The summed E-state index contributed by atoms with van der Waals surface area (Å²) < 4.78 is 49.8. The van der Waals surface area contributed by atoms with Crippen LogP contribution in [0.3, 0.4) is 0 Å². The van der Waals surface area contributed by atoms with E-state index in [4.69, 9.17) is 9.47 Å². The van der Waals surface area contributed by atoms with Crippen molar-refractivity contribution in [3.8, 4) is 11.5 Å². The minimum Gasteiger partial charge on any atom is -0.493 e. The number of methoxy groups -OCH3 is 1. The molecule has 1 N–H and O–H groups in total. The third kappa shape index (κ3) is 6.14. The Balaban J connectivity index is 1.64. The van der Waals surface area contributed by atoms with Gasteiger partial charge in [0.05, 0.1) is 30.2 Å². The van der Waals surface area contributed by atoms with Gasteiger partial charge in [0.25, 0.3) is 5.69 Å². The van der Waals surface area contributed by atoms with Crippen LogP contribution in [-0.2, 0) is 11.0 Å². The van der Waals surface area contributed by atoms with Gasteiger partial charge in [-0.15, -0.1) is 0 Å². The van der Waals surface area contributed by atoms with Gasteiger partial charge in [0.1, 0.15) is 5.69 Å². The molecule has 0 saturated carbocycles. The molecule has 1 aliphatic rings. The fraction of sp³-hybridized carbons (Fsp3) is 0.458. The predicted molar refractivity (Wildman–Crippen MR) is 124 cm³/mol. The largest absolute Gasteiger partial charge is 0.493 e. The lowest BCUT2D eigenvalue weighted by Gasteiger charge is -2.33. The minimum atomic E-state index is -4.67. The zero-order valence-corrected chi connectivity index (χ0v) is 19.7. The van der Waals surface area contributed by atoms with Crippen LogP contribution < -0.4 is 19.7 Å². The van der Waals surface area contributed by atoms with Gasteiger partial charge >= 0.3 is 6.18 Å². The molecule has 8 nitrogen and oxygen atoms in total. The molecule has 0 aliphatic carbocycles. The summed E-state index contributed by atoms with van der Waals surface area (Å²) in [6.07, 6.45) is -3.83. The molecular weight excluding hydrogens is 467 g/mol. The SMILES string of the molecule is CCOc1ccc(C(C)NC(=O)C2CCN(c3ccc(C(F)(F)F)cc3[N+](=O)[O-])CC2)cc1OC. The minimum absolute atomic E-state index is 0.122. The number of alkyl halides is 3. The Hall–Kier alpha value is -3.50. The molecule has 0 bridgehead atoms. The van der Waals surface area contributed by atoms with E-state index < -0.39 is 22.4 Å². The number of halogens is 3. The Morgan fingerprint density at radius 3 is 2.46 bits per heavy atom. The summed E-state index contributed by atoms with van der Waals surface area (Å²) in [7, 11) is 1.54. The quantitative estimate of drug-likeness (QED) is 0.404. The number of nitrogens with zero attached hydrogens (tertiary/aromatic N) is 2. The molecule has 1 aliphatic heterocycles. The normalized spacial score (nSPS) is 15.4. The maximum absolute atomic E-state index is 13.0.